The molecule has 0 aromatic carbocycles. The van der Waals surface area contributed by atoms with Crippen molar-refractivity contribution >= 4 is 11.9 Å². The van der Waals surface area contributed by atoms with Crippen molar-refractivity contribution in [2.45, 2.75) is 84.0 Å². The molecule has 0 heterocycles. The van der Waals surface area contributed by atoms with Crippen molar-refractivity contribution in [2.75, 3.05) is 0 Å². The molecule has 22 heavy (non-hydrogen) atoms. The summed E-state index contributed by atoms with van der Waals surface area (Å²) in [5.74, 6) is -1.63. The molecule has 0 amide bonds. The molecule has 0 aliphatic carbocycles. The van der Waals surface area contributed by atoms with E-state index in [0.717, 1.165) is 64.2 Å². The maximum atomic E-state index is 11.1. The number of hydrogen-bond donors (Lipinski definition) is 2. The number of carboxylic acids is 2. The van der Waals surface area contributed by atoms with Gasteiger partial charge in [0, 0.05) is 6.42 Å². The Morgan fingerprint density at radius 2 is 1.59 bits per heavy atom. The van der Waals surface area contributed by atoms with Gasteiger partial charge in [0.05, 0.1) is 5.92 Å². The molecule has 4 heteroatoms. The molecule has 4 nitrogen and oxygen atoms in total. The van der Waals surface area contributed by atoms with Crippen molar-refractivity contribution in [1.82, 2.24) is 0 Å². The molecule has 0 fully saturated rings. The highest BCUT2D eigenvalue weighted by atomic mass is 16.4. The molecule has 128 valence electrons. The average molecular weight is 312 g/mol. The molecular weight excluding hydrogens is 280 g/mol. The number of carbonyl (C=O) groups is 2. The van der Waals surface area contributed by atoms with Crippen LogP contribution in [0.5, 0.6) is 0 Å². The zero-order valence-electron chi connectivity index (χ0n) is 13.9. The molecule has 0 saturated carbocycles. The van der Waals surface area contributed by atoms with Crippen LogP contribution in [0.1, 0.15) is 84.0 Å². The molecule has 0 radical (unpaired) electrons. The SMILES string of the molecule is CCCCCC(CC=CCCCCCCCC(=O)O)C(=O)O. The monoisotopic (exact) mass is 312 g/mol. The number of rotatable bonds is 15. The molecule has 0 spiro atoms. The smallest absolute Gasteiger partial charge is 0.306 e. The highest BCUT2D eigenvalue weighted by Crippen LogP contribution is 2.15. The summed E-state index contributed by atoms with van der Waals surface area (Å²) in [5, 5.41) is 17.7. The summed E-state index contributed by atoms with van der Waals surface area (Å²) < 4.78 is 0. The lowest BCUT2D eigenvalue weighted by Gasteiger charge is -2.09. The summed E-state index contributed by atoms with van der Waals surface area (Å²) in [5.41, 5.74) is 0. The van der Waals surface area contributed by atoms with Gasteiger partial charge in [-0.2, -0.15) is 0 Å². The molecule has 1 atom stereocenters. The topological polar surface area (TPSA) is 74.6 Å². The van der Waals surface area contributed by atoms with Crippen LogP contribution in [0, 0.1) is 5.92 Å². The van der Waals surface area contributed by atoms with E-state index in [1.165, 1.54) is 0 Å². The number of hydrogen-bond acceptors (Lipinski definition) is 2. The molecule has 0 aliphatic rings. The van der Waals surface area contributed by atoms with E-state index in [4.69, 9.17) is 10.2 Å². The first-order valence-electron chi connectivity index (χ1n) is 8.67. The lowest BCUT2D eigenvalue weighted by Crippen LogP contribution is -2.12. The summed E-state index contributed by atoms with van der Waals surface area (Å²) in [7, 11) is 0. The van der Waals surface area contributed by atoms with E-state index < -0.39 is 11.9 Å². The number of unbranched alkanes of at least 4 members (excludes halogenated alkanes) is 7. The third kappa shape index (κ3) is 13.7. The summed E-state index contributed by atoms with van der Waals surface area (Å²) in [6.07, 6.45) is 15.0. The quantitative estimate of drug-likeness (QED) is 0.328. The first-order chi connectivity index (χ1) is 10.6. The molecule has 0 aromatic heterocycles. The van der Waals surface area contributed by atoms with Gasteiger partial charge in [-0.3, -0.25) is 9.59 Å². The van der Waals surface area contributed by atoms with Crippen molar-refractivity contribution in [3.63, 3.8) is 0 Å². The number of allylic oxidation sites excluding steroid dienone is 2. The van der Waals surface area contributed by atoms with Crippen LogP contribution in [0.15, 0.2) is 12.2 Å². The first kappa shape index (κ1) is 20.7. The molecule has 0 bridgehead atoms. The van der Waals surface area contributed by atoms with E-state index >= 15 is 0 Å². The van der Waals surface area contributed by atoms with E-state index in [0.29, 0.717) is 6.42 Å². The molecule has 0 aromatic rings. The van der Waals surface area contributed by atoms with Gasteiger partial charge in [0.15, 0.2) is 0 Å². The van der Waals surface area contributed by atoms with Crippen molar-refractivity contribution in [2.24, 2.45) is 5.92 Å². The molecule has 1 unspecified atom stereocenters. The van der Waals surface area contributed by atoms with Crippen molar-refractivity contribution in [1.29, 1.82) is 0 Å². The van der Waals surface area contributed by atoms with Gasteiger partial charge in [-0.25, -0.2) is 0 Å². The Morgan fingerprint density at radius 3 is 2.23 bits per heavy atom. The maximum absolute atomic E-state index is 11.1. The van der Waals surface area contributed by atoms with Crippen LogP contribution in [0.3, 0.4) is 0 Å². The normalized spacial score (nSPS) is 12.6. The fourth-order valence-electron chi connectivity index (χ4n) is 2.43. The van der Waals surface area contributed by atoms with Crippen molar-refractivity contribution in [3.8, 4) is 0 Å². The van der Waals surface area contributed by atoms with Crippen LogP contribution in [-0.4, -0.2) is 22.2 Å². The van der Waals surface area contributed by atoms with Gasteiger partial charge in [-0.1, -0.05) is 57.6 Å². The summed E-state index contributed by atoms with van der Waals surface area (Å²) in [4.78, 5) is 21.5. The van der Waals surface area contributed by atoms with Gasteiger partial charge in [0.1, 0.15) is 0 Å². The molecule has 0 saturated heterocycles. The van der Waals surface area contributed by atoms with E-state index in [1.807, 2.05) is 6.08 Å². The predicted molar refractivity (Wildman–Crippen MR) is 89.0 cm³/mol. The third-order valence-corrected chi connectivity index (χ3v) is 3.85. The number of aliphatic carboxylic acids is 2. The highest BCUT2D eigenvalue weighted by Gasteiger charge is 2.14. The molecular formula is C18H32O4. The van der Waals surface area contributed by atoms with Crippen LogP contribution in [-0.2, 0) is 9.59 Å². The lowest BCUT2D eigenvalue weighted by atomic mass is 9.97. The Hall–Kier alpha value is -1.32. The fourth-order valence-corrected chi connectivity index (χ4v) is 2.43. The van der Waals surface area contributed by atoms with E-state index in [-0.39, 0.29) is 12.3 Å². The number of carboxylic acid groups (broad SMARTS) is 2. The van der Waals surface area contributed by atoms with E-state index in [2.05, 4.69) is 13.0 Å². The summed E-state index contributed by atoms with van der Waals surface area (Å²) in [6, 6.07) is 0. The van der Waals surface area contributed by atoms with E-state index in [9.17, 15) is 9.59 Å². The van der Waals surface area contributed by atoms with Crippen LogP contribution >= 0.6 is 0 Å². The first-order valence-corrected chi connectivity index (χ1v) is 8.67. The lowest BCUT2D eigenvalue weighted by molar-refractivity contribution is -0.142. The predicted octanol–water partition coefficient (Wildman–Crippen LogP) is 5.03. The zero-order valence-corrected chi connectivity index (χ0v) is 13.9. The summed E-state index contributed by atoms with van der Waals surface area (Å²) in [6.45, 7) is 2.12. The zero-order chi connectivity index (χ0) is 16.6. The second-order valence-electron chi connectivity index (χ2n) is 5.94. The van der Waals surface area contributed by atoms with Crippen LogP contribution in [0.25, 0.3) is 0 Å². The Morgan fingerprint density at radius 1 is 0.909 bits per heavy atom. The Bertz CT molecular complexity index is 323. The minimum Gasteiger partial charge on any atom is -0.481 e. The fraction of sp³-hybridized carbons (Fsp3) is 0.778. The second kappa shape index (κ2) is 14.6. The average Bonchev–Trinajstić information content (AvgIpc) is 2.46. The van der Waals surface area contributed by atoms with Gasteiger partial charge in [0.25, 0.3) is 0 Å². The molecule has 0 aliphatic heterocycles. The Labute approximate surface area is 134 Å². The minimum absolute atomic E-state index is 0.237. The van der Waals surface area contributed by atoms with Crippen molar-refractivity contribution < 1.29 is 19.8 Å². The summed E-state index contributed by atoms with van der Waals surface area (Å²) >= 11 is 0. The Kier molecular flexibility index (Phi) is 13.7. The van der Waals surface area contributed by atoms with Crippen LogP contribution in [0.2, 0.25) is 0 Å². The van der Waals surface area contributed by atoms with Crippen molar-refractivity contribution in [3.05, 3.63) is 12.2 Å². The van der Waals surface area contributed by atoms with Crippen LogP contribution < -0.4 is 0 Å². The Balaban J connectivity index is 3.57. The van der Waals surface area contributed by atoms with Gasteiger partial charge in [-0.15, -0.1) is 0 Å². The molecule has 0 rings (SSSR count). The maximum Gasteiger partial charge on any atom is 0.306 e. The molecule has 2 N–H and O–H groups in total. The van der Waals surface area contributed by atoms with Gasteiger partial charge in [0.2, 0.25) is 0 Å². The highest BCUT2D eigenvalue weighted by molar-refractivity contribution is 5.70. The van der Waals surface area contributed by atoms with Gasteiger partial charge < -0.3 is 10.2 Å². The second-order valence-corrected chi connectivity index (χ2v) is 5.94. The van der Waals surface area contributed by atoms with E-state index in [1.54, 1.807) is 0 Å². The van der Waals surface area contributed by atoms with Crippen LogP contribution in [0.4, 0.5) is 0 Å². The standard InChI is InChI=1S/C18H32O4/c1-2-3-10-13-16(18(21)22)14-11-8-6-4-5-7-9-12-15-17(19)20/h8,11,16H,2-7,9-10,12-15H2,1H3,(H,19,20)(H,21,22). The minimum atomic E-state index is -0.713. The largest absolute Gasteiger partial charge is 0.481 e. The third-order valence-electron chi connectivity index (χ3n) is 3.85. The van der Waals surface area contributed by atoms with Gasteiger partial charge in [-0.05, 0) is 32.1 Å². The van der Waals surface area contributed by atoms with Gasteiger partial charge >= 0.3 is 11.9 Å².